The largest absolute Gasteiger partial charge is 0.474 e. The molecule has 1 aromatic heterocycles. The van der Waals surface area contributed by atoms with E-state index < -0.39 is 6.10 Å². The first-order valence-corrected chi connectivity index (χ1v) is 4.37. The van der Waals surface area contributed by atoms with Crippen molar-refractivity contribution in [2.75, 3.05) is 6.61 Å². The lowest BCUT2D eigenvalue weighted by Gasteiger charge is -2.19. The molecular weight excluding hydrogens is 259 g/mol. The lowest BCUT2D eigenvalue weighted by atomic mass is 10.3. The van der Waals surface area contributed by atoms with Crippen LogP contribution in [0.25, 0.3) is 0 Å². The van der Waals surface area contributed by atoms with Crippen molar-refractivity contribution in [1.82, 2.24) is 9.78 Å². The number of hydrogen-bond acceptors (Lipinski definition) is 3. The molecule has 0 aliphatic carbocycles. The average molecular weight is 266 g/mol. The molecule has 5 heteroatoms. The smallest absolute Gasteiger partial charge is 0.225 e. The van der Waals surface area contributed by atoms with Gasteiger partial charge in [-0.1, -0.05) is 0 Å². The number of rotatable bonds is 0. The lowest BCUT2D eigenvalue weighted by Crippen LogP contribution is -2.30. The van der Waals surface area contributed by atoms with Gasteiger partial charge in [-0.15, -0.1) is 0 Å². The van der Waals surface area contributed by atoms with Crippen molar-refractivity contribution < 1.29 is 9.84 Å². The van der Waals surface area contributed by atoms with Crippen LogP contribution in [0.1, 0.15) is 0 Å². The van der Waals surface area contributed by atoms with Crippen molar-refractivity contribution in [3.8, 4) is 5.88 Å². The first kappa shape index (κ1) is 7.35. The van der Waals surface area contributed by atoms with Crippen LogP contribution in [0.15, 0.2) is 6.20 Å². The second-order valence-electron chi connectivity index (χ2n) is 2.44. The Morgan fingerprint density at radius 1 is 1.82 bits per heavy atom. The molecule has 0 fully saturated rings. The van der Waals surface area contributed by atoms with E-state index in [9.17, 15) is 5.11 Å². The minimum atomic E-state index is -0.418. The molecule has 4 nitrogen and oxygen atoms in total. The highest BCUT2D eigenvalue weighted by Crippen LogP contribution is 2.23. The van der Waals surface area contributed by atoms with Gasteiger partial charge in [0.15, 0.2) is 0 Å². The molecule has 0 spiro atoms. The molecule has 0 bridgehead atoms. The predicted molar refractivity (Wildman–Crippen MR) is 46.4 cm³/mol. The summed E-state index contributed by atoms with van der Waals surface area (Å²) in [5.41, 5.74) is 0. The third-order valence-corrected chi connectivity index (χ3v) is 2.29. The molecule has 11 heavy (non-hydrogen) atoms. The van der Waals surface area contributed by atoms with Crippen LogP contribution in [-0.4, -0.2) is 27.6 Å². The van der Waals surface area contributed by atoms with Crippen LogP contribution < -0.4 is 4.74 Å². The van der Waals surface area contributed by atoms with Crippen LogP contribution >= 0.6 is 22.6 Å². The Bertz CT molecular complexity index is 274. The van der Waals surface area contributed by atoms with Crippen LogP contribution in [0, 0.1) is 3.57 Å². The molecule has 0 unspecified atom stereocenters. The number of aliphatic hydroxyl groups excluding tert-OH is 1. The van der Waals surface area contributed by atoms with Gasteiger partial charge in [-0.3, -0.25) is 0 Å². The zero-order chi connectivity index (χ0) is 7.84. The second kappa shape index (κ2) is 2.63. The Hall–Kier alpha value is -0.300. The van der Waals surface area contributed by atoms with Crippen molar-refractivity contribution in [3.05, 3.63) is 9.77 Å². The van der Waals surface area contributed by atoms with E-state index in [1.165, 1.54) is 0 Å². The molecule has 60 valence electrons. The minimum Gasteiger partial charge on any atom is -0.474 e. The van der Waals surface area contributed by atoms with Gasteiger partial charge in [0.25, 0.3) is 0 Å². The molecule has 0 radical (unpaired) electrons. The lowest BCUT2D eigenvalue weighted by molar-refractivity contribution is 0.0552. The van der Waals surface area contributed by atoms with E-state index in [0.29, 0.717) is 13.2 Å². The maximum absolute atomic E-state index is 9.18. The summed E-state index contributed by atoms with van der Waals surface area (Å²) in [7, 11) is 0. The van der Waals surface area contributed by atoms with E-state index in [-0.39, 0.29) is 0 Å². The Balaban J connectivity index is 2.36. The predicted octanol–water partition coefficient (Wildman–Crippen LogP) is 0.241. The highest BCUT2D eigenvalue weighted by Gasteiger charge is 2.19. The van der Waals surface area contributed by atoms with Crippen LogP contribution in [0.5, 0.6) is 5.88 Å². The Morgan fingerprint density at radius 3 is 3.45 bits per heavy atom. The minimum absolute atomic E-state index is 0.377. The van der Waals surface area contributed by atoms with Gasteiger partial charge in [-0.05, 0) is 22.6 Å². The van der Waals surface area contributed by atoms with Crippen molar-refractivity contribution >= 4 is 22.6 Å². The molecule has 1 aliphatic rings. The van der Waals surface area contributed by atoms with Gasteiger partial charge in [-0.2, -0.15) is 5.10 Å². The number of fused-ring (bicyclic) bond motifs is 1. The van der Waals surface area contributed by atoms with Crippen molar-refractivity contribution in [2.24, 2.45) is 0 Å². The maximum atomic E-state index is 9.18. The summed E-state index contributed by atoms with van der Waals surface area (Å²) >= 11 is 2.16. The maximum Gasteiger partial charge on any atom is 0.225 e. The summed E-state index contributed by atoms with van der Waals surface area (Å²) < 4.78 is 7.92. The molecule has 0 amide bonds. The second-order valence-corrected chi connectivity index (χ2v) is 3.61. The van der Waals surface area contributed by atoms with Gasteiger partial charge in [0.05, 0.1) is 16.3 Å². The SMILES string of the molecule is O[C@@H]1COc2c(I)cnn2C1. The summed E-state index contributed by atoms with van der Waals surface area (Å²) in [5.74, 6) is 0.774. The number of nitrogens with zero attached hydrogens (tertiary/aromatic N) is 2. The van der Waals surface area contributed by atoms with Gasteiger partial charge in [0.1, 0.15) is 12.7 Å². The van der Waals surface area contributed by atoms with Crippen molar-refractivity contribution in [2.45, 2.75) is 12.6 Å². The molecule has 2 heterocycles. The molecular formula is C6H7IN2O2. The first-order chi connectivity index (χ1) is 5.27. The van der Waals surface area contributed by atoms with E-state index in [2.05, 4.69) is 27.7 Å². The van der Waals surface area contributed by atoms with Crippen LogP contribution in [0.3, 0.4) is 0 Å². The zero-order valence-corrected chi connectivity index (χ0v) is 7.85. The molecule has 1 atom stereocenters. The molecule has 1 aromatic rings. The van der Waals surface area contributed by atoms with Gasteiger partial charge in [-0.25, -0.2) is 4.68 Å². The number of halogens is 1. The summed E-state index contributed by atoms with van der Waals surface area (Å²) in [6, 6.07) is 0. The molecule has 2 rings (SSSR count). The van der Waals surface area contributed by atoms with Crippen LogP contribution in [0.2, 0.25) is 0 Å². The number of aliphatic hydroxyl groups is 1. The number of ether oxygens (including phenoxy) is 1. The molecule has 0 aromatic carbocycles. The fraction of sp³-hybridized carbons (Fsp3) is 0.500. The molecule has 1 aliphatic heterocycles. The fourth-order valence-electron chi connectivity index (χ4n) is 1.05. The zero-order valence-electron chi connectivity index (χ0n) is 5.70. The molecule has 0 saturated heterocycles. The first-order valence-electron chi connectivity index (χ1n) is 3.29. The summed E-state index contributed by atoms with van der Waals surface area (Å²) in [6.07, 6.45) is 1.31. The summed E-state index contributed by atoms with van der Waals surface area (Å²) in [4.78, 5) is 0. The Labute approximate surface area is 77.3 Å². The quantitative estimate of drug-likeness (QED) is 0.684. The standard InChI is InChI=1S/C6H7IN2O2/c7-5-1-8-9-2-4(10)3-11-6(5)9/h1,4,10H,2-3H2/t4-/m0/s1. The van der Waals surface area contributed by atoms with Crippen molar-refractivity contribution in [3.63, 3.8) is 0 Å². The van der Waals surface area contributed by atoms with Crippen molar-refractivity contribution in [1.29, 1.82) is 0 Å². The van der Waals surface area contributed by atoms with Crippen LogP contribution in [0.4, 0.5) is 0 Å². The highest BCUT2D eigenvalue weighted by atomic mass is 127. The summed E-state index contributed by atoms with van der Waals surface area (Å²) in [6.45, 7) is 0.917. The van der Waals surface area contributed by atoms with E-state index >= 15 is 0 Å². The Kier molecular flexibility index (Phi) is 1.76. The van der Waals surface area contributed by atoms with Gasteiger partial charge < -0.3 is 9.84 Å². The monoisotopic (exact) mass is 266 g/mol. The van der Waals surface area contributed by atoms with Crippen LogP contribution in [-0.2, 0) is 6.54 Å². The van der Waals surface area contributed by atoms with E-state index in [1.807, 2.05) is 0 Å². The third-order valence-electron chi connectivity index (χ3n) is 1.55. The molecule has 1 N–H and O–H groups in total. The van der Waals surface area contributed by atoms with E-state index in [0.717, 1.165) is 9.45 Å². The molecule has 0 saturated carbocycles. The van der Waals surface area contributed by atoms with E-state index in [4.69, 9.17) is 4.74 Å². The number of aromatic nitrogens is 2. The van der Waals surface area contributed by atoms with Gasteiger partial charge >= 0.3 is 0 Å². The average Bonchev–Trinajstić information content (AvgIpc) is 2.32. The summed E-state index contributed by atoms with van der Waals surface area (Å²) in [5, 5.41) is 13.2. The Morgan fingerprint density at radius 2 is 2.64 bits per heavy atom. The topological polar surface area (TPSA) is 47.3 Å². The highest BCUT2D eigenvalue weighted by molar-refractivity contribution is 14.1. The fourth-order valence-corrected chi connectivity index (χ4v) is 1.61. The number of hydrogen-bond donors (Lipinski definition) is 1. The van der Waals surface area contributed by atoms with Gasteiger partial charge in [0, 0.05) is 0 Å². The van der Waals surface area contributed by atoms with E-state index in [1.54, 1.807) is 10.9 Å². The van der Waals surface area contributed by atoms with Gasteiger partial charge in [0.2, 0.25) is 5.88 Å². The third kappa shape index (κ3) is 1.22. The normalized spacial score (nSPS) is 22.5.